The van der Waals surface area contributed by atoms with Crippen LogP contribution in [0.1, 0.15) is 51.9 Å². The van der Waals surface area contributed by atoms with Gasteiger partial charge in [0.05, 0.1) is 17.8 Å². The molecule has 0 aliphatic rings. The van der Waals surface area contributed by atoms with Crippen LogP contribution in [0.25, 0.3) is 0 Å². The van der Waals surface area contributed by atoms with Crippen LogP contribution < -0.4 is 0 Å². The monoisotopic (exact) mass is 420 g/mol. The molecule has 5 nitrogen and oxygen atoms in total. The van der Waals surface area contributed by atoms with Crippen LogP contribution in [0.5, 0.6) is 0 Å². The van der Waals surface area contributed by atoms with E-state index in [0.29, 0.717) is 12.8 Å². The van der Waals surface area contributed by atoms with E-state index in [1.165, 1.54) is 12.2 Å². The highest BCUT2D eigenvalue weighted by Gasteiger charge is 2.26. The molecule has 0 aromatic carbocycles. The van der Waals surface area contributed by atoms with Gasteiger partial charge >= 0.3 is 12.1 Å². The summed E-state index contributed by atoms with van der Waals surface area (Å²) in [5.74, 6) is -0.901. The van der Waals surface area contributed by atoms with Crippen LogP contribution in [0, 0.1) is 0 Å². The SMILES string of the molecule is C[C@@](O)(C=CC=CC=CC=C[C@H](O)[C@H](O)CCCCC(F)(F)F)CCCC(=O)O. The number of carbonyl (C=O) groups is 1. The summed E-state index contributed by atoms with van der Waals surface area (Å²) in [4.78, 5) is 10.5. The second kappa shape index (κ2) is 14.1. The summed E-state index contributed by atoms with van der Waals surface area (Å²) in [6.45, 7) is 1.59. The highest BCUT2D eigenvalue weighted by molar-refractivity contribution is 5.66. The van der Waals surface area contributed by atoms with Crippen LogP contribution in [-0.2, 0) is 4.79 Å². The lowest BCUT2D eigenvalue weighted by Gasteiger charge is -2.17. The first-order valence-corrected chi connectivity index (χ1v) is 9.49. The molecule has 29 heavy (non-hydrogen) atoms. The lowest BCUT2D eigenvalue weighted by atomic mass is 9.98. The number of unbranched alkanes of at least 4 members (excludes halogenated alkanes) is 1. The lowest BCUT2D eigenvalue weighted by molar-refractivity contribution is -0.137. The van der Waals surface area contributed by atoms with E-state index >= 15 is 0 Å². The van der Waals surface area contributed by atoms with Crippen molar-refractivity contribution >= 4 is 5.97 Å². The Labute approximate surface area is 169 Å². The third-order valence-electron chi connectivity index (χ3n) is 4.00. The van der Waals surface area contributed by atoms with E-state index in [2.05, 4.69) is 0 Å². The van der Waals surface area contributed by atoms with Gasteiger partial charge in [0.2, 0.25) is 0 Å². The molecule has 0 rings (SSSR count). The number of rotatable bonds is 14. The molecule has 0 amide bonds. The second-order valence-corrected chi connectivity index (χ2v) is 7.04. The number of carboxylic acids is 1. The van der Waals surface area contributed by atoms with Crippen LogP contribution in [-0.4, -0.2) is 50.4 Å². The largest absolute Gasteiger partial charge is 0.481 e. The summed E-state index contributed by atoms with van der Waals surface area (Å²) in [7, 11) is 0. The maximum atomic E-state index is 12.0. The van der Waals surface area contributed by atoms with Crippen LogP contribution >= 0.6 is 0 Å². The zero-order valence-corrected chi connectivity index (χ0v) is 16.6. The fraction of sp³-hybridized carbons (Fsp3) is 0.571. The van der Waals surface area contributed by atoms with Gasteiger partial charge in [0.25, 0.3) is 0 Å². The predicted octanol–water partition coefficient (Wildman–Crippen LogP) is 4.06. The molecule has 0 spiro atoms. The first-order chi connectivity index (χ1) is 13.4. The number of halogens is 3. The third kappa shape index (κ3) is 17.9. The Bertz CT molecular complexity index is 577. The Morgan fingerprint density at radius 2 is 1.52 bits per heavy atom. The molecule has 3 atom stereocenters. The Kier molecular flexibility index (Phi) is 13.2. The number of allylic oxidation sites excluding steroid dienone is 6. The van der Waals surface area contributed by atoms with Crippen LogP contribution in [0.15, 0.2) is 48.6 Å². The van der Waals surface area contributed by atoms with E-state index in [1.54, 1.807) is 43.4 Å². The number of carboxylic acid groups (broad SMARTS) is 1. The van der Waals surface area contributed by atoms with E-state index in [4.69, 9.17) is 5.11 Å². The second-order valence-electron chi connectivity index (χ2n) is 7.04. The number of hydrogen-bond acceptors (Lipinski definition) is 4. The molecule has 0 aromatic rings. The minimum atomic E-state index is -4.20. The van der Waals surface area contributed by atoms with E-state index < -0.39 is 36.4 Å². The van der Waals surface area contributed by atoms with Gasteiger partial charge in [-0.15, -0.1) is 0 Å². The van der Waals surface area contributed by atoms with Gasteiger partial charge < -0.3 is 20.4 Å². The first-order valence-electron chi connectivity index (χ1n) is 9.49. The van der Waals surface area contributed by atoms with Crippen molar-refractivity contribution in [3.63, 3.8) is 0 Å². The van der Waals surface area contributed by atoms with Gasteiger partial charge in [0.15, 0.2) is 0 Å². The average molecular weight is 420 g/mol. The Morgan fingerprint density at radius 3 is 2.10 bits per heavy atom. The predicted molar refractivity (Wildman–Crippen MR) is 105 cm³/mol. The minimum absolute atomic E-state index is 0.00298. The van der Waals surface area contributed by atoms with Crippen LogP contribution in [0.4, 0.5) is 13.2 Å². The third-order valence-corrected chi connectivity index (χ3v) is 4.00. The fourth-order valence-corrected chi connectivity index (χ4v) is 2.36. The molecule has 0 aliphatic heterocycles. The normalized spacial score (nSPS) is 17.5. The maximum absolute atomic E-state index is 12.0. The molecule has 0 heterocycles. The van der Waals surface area contributed by atoms with Crippen molar-refractivity contribution in [3.8, 4) is 0 Å². The van der Waals surface area contributed by atoms with Crippen molar-refractivity contribution in [2.24, 2.45) is 0 Å². The minimum Gasteiger partial charge on any atom is -0.481 e. The van der Waals surface area contributed by atoms with E-state index in [1.807, 2.05) is 0 Å². The zero-order valence-electron chi connectivity index (χ0n) is 16.6. The van der Waals surface area contributed by atoms with E-state index in [0.717, 1.165) is 0 Å². The molecule has 0 aromatic heterocycles. The molecule has 8 heteroatoms. The molecule has 0 radical (unpaired) electrons. The molecule has 166 valence electrons. The Morgan fingerprint density at radius 1 is 0.931 bits per heavy atom. The highest BCUT2D eigenvalue weighted by Crippen LogP contribution is 2.23. The molecule has 0 fully saturated rings. The zero-order chi connectivity index (χ0) is 22.3. The molecule has 0 bridgehead atoms. The average Bonchev–Trinajstić information content (AvgIpc) is 2.59. The number of alkyl halides is 3. The maximum Gasteiger partial charge on any atom is 0.389 e. The number of aliphatic hydroxyl groups is 3. The first kappa shape index (κ1) is 27.1. The van der Waals surface area contributed by atoms with Crippen molar-refractivity contribution < 1.29 is 38.4 Å². The number of aliphatic carboxylic acids is 1. The topological polar surface area (TPSA) is 98.0 Å². The number of aliphatic hydroxyl groups excluding tert-OH is 2. The van der Waals surface area contributed by atoms with Gasteiger partial charge in [-0.05, 0) is 32.6 Å². The van der Waals surface area contributed by atoms with Crippen molar-refractivity contribution in [2.75, 3.05) is 0 Å². The number of hydrogen-bond donors (Lipinski definition) is 4. The van der Waals surface area contributed by atoms with Gasteiger partial charge in [0.1, 0.15) is 0 Å². The van der Waals surface area contributed by atoms with Gasteiger partial charge in [-0.3, -0.25) is 4.79 Å². The quantitative estimate of drug-likeness (QED) is 0.251. The summed E-state index contributed by atoms with van der Waals surface area (Å²) in [5.41, 5.74) is -1.09. The summed E-state index contributed by atoms with van der Waals surface area (Å²) < 4.78 is 36.1. The van der Waals surface area contributed by atoms with Crippen LogP contribution in [0.3, 0.4) is 0 Å². The molecular weight excluding hydrogens is 389 g/mol. The molecule has 0 unspecified atom stereocenters. The van der Waals surface area contributed by atoms with Crippen molar-refractivity contribution in [1.29, 1.82) is 0 Å². The van der Waals surface area contributed by atoms with Gasteiger partial charge in [-0.2, -0.15) is 13.2 Å². The summed E-state index contributed by atoms with van der Waals surface area (Å²) >= 11 is 0. The summed E-state index contributed by atoms with van der Waals surface area (Å²) in [6, 6.07) is 0. The molecule has 0 saturated carbocycles. The standard InChI is InChI=1S/C21H31F3O5/c1-20(29,15-10-13-19(27)28)14-8-5-3-2-4-6-11-17(25)18(26)12-7-9-16-21(22,23)24/h2-6,8,11,14,17-18,25-26,29H,7,9-10,12-13,15-16H2,1H3,(H,27,28)/t17-,18+,20+/m0/s1. The summed E-state index contributed by atoms with van der Waals surface area (Å²) in [6.07, 6.45) is 6.18. The molecule has 0 saturated heterocycles. The Hall–Kier alpha value is -1.90. The smallest absolute Gasteiger partial charge is 0.389 e. The van der Waals surface area contributed by atoms with Gasteiger partial charge in [0, 0.05) is 12.8 Å². The Balaban J connectivity index is 4.14. The van der Waals surface area contributed by atoms with E-state index in [-0.39, 0.29) is 25.7 Å². The van der Waals surface area contributed by atoms with E-state index in [9.17, 15) is 33.3 Å². The molecule has 4 N–H and O–H groups in total. The van der Waals surface area contributed by atoms with Crippen LogP contribution in [0.2, 0.25) is 0 Å². The van der Waals surface area contributed by atoms with Gasteiger partial charge in [-0.1, -0.05) is 55.0 Å². The summed E-state index contributed by atoms with van der Waals surface area (Å²) in [5, 5.41) is 38.1. The molecular formula is C21H31F3O5. The van der Waals surface area contributed by atoms with Crippen molar-refractivity contribution in [3.05, 3.63) is 48.6 Å². The highest BCUT2D eigenvalue weighted by atomic mass is 19.4. The molecule has 0 aliphatic carbocycles. The fourth-order valence-electron chi connectivity index (χ4n) is 2.36. The lowest BCUT2D eigenvalue weighted by Crippen LogP contribution is -2.23. The van der Waals surface area contributed by atoms with Gasteiger partial charge in [-0.25, -0.2) is 0 Å². The van der Waals surface area contributed by atoms with Crippen molar-refractivity contribution in [1.82, 2.24) is 0 Å². The van der Waals surface area contributed by atoms with Crippen molar-refractivity contribution in [2.45, 2.75) is 75.9 Å².